The number of pyridine rings is 2. The minimum atomic E-state index is -2.16. The van der Waals surface area contributed by atoms with Crippen molar-refractivity contribution in [1.82, 2.24) is 9.97 Å². The molecular formula is C50H52IrN2OSi-2. The molecule has 283 valence electrons. The van der Waals surface area contributed by atoms with Gasteiger partial charge < -0.3 is 14.4 Å². The number of rotatable bonds is 8. The Bertz CT molecular complexity index is 2650. The molecule has 4 aromatic carbocycles. The third-order valence-corrected chi connectivity index (χ3v) is 12.8. The molecule has 2 aliphatic carbocycles. The van der Waals surface area contributed by atoms with Crippen molar-refractivity contribution in [2.75, 3.05) is 0 Å². The predicted molar refractivity (Wildman–Crippen MR) is 229 cm³/mol. The van der Waals surface area contributed by atoms with Crippen molar-refractivity contribution in [2.45, 2.75) is 90.6 Å². The van der Waals surface area contributed by atoms with Gasteiger partial charge in [0.05, 0.1) is 13.7 Å². The summed E-state index contributed by atoms with van der Waals surface area (Å²) in [5.41, 5.74) is 8.33. The van der Waals surface area contributed by atoms with Crippen LogP contribution in [0.1, 0.15) is 77.7 Å². The monoisotopic (exact) mass is 924 g/mol. The molecule has 0 bridgehead atoms. The van der Waals surface area contributed by atoms with Crippen LogP contribution in [-0.4, -0.2) is 18.0 Å². The first-order valence-electron chi connectivity index (χ1n) is 22.9. The van der Waals surface area contributed by atoms with E-state index in [-0.39, 0.29) is 37.5 Å². The zero-order valence-electron chi connectivity index (χ0n) is 38.8. The molecule has 7 aromatic rings. The minimum Gasteiger partial charge on any atom is -0.501 e. The van der Waals surface area contributed by atoms with Crippen molar-refractivity contribution >= 4 is 35.2 Å². The van der Waals surface area contributed by atoms with E-state index in [1.807, 2.05) is 54.7 Å². The predicted octanol–water partition coefficient (Wildman–Crippen LogP) is 13.0. The molecule has 9 rings (SSSR count). The van der Waals surface area contributed by atoms with Crippen LogP contribution in [0.4, 0.5) is 0 Å². The molecule has 0 amide bonds. The van der Waals surface area contributed by atoms with Crippen molar-refractivity contribution < 1.29 is 34.1 Å². The molecule has 2 aliphatic rings. The first-order valence-corrected chi connectivity index (χ1v) is 22.9. The maximum atomic E-state index is 8.94. The number of furan rings is 1. The third-order valence-electron chi connectivity index (χ3n) is 10.8. The molecule has 0 atom stereocenters. The quantitative estimate of drug-likeness (QED) is 0.113. The van der Waals surface area contributed by atoms with Crippen LogP contribution in [0.2, 0.25) is 19.6 Å². The van der Waals surface area contributed by atoms with Crippen LogP contribution in [0.15, 0.2) is 114 Å². The van der Waals surface area contributed by atoms with Gasteiger partial charge in [0.1, 0.15) is 5.58 Å². The van der Waals surface area contributed by atoms with Crippen molar-refractivity contribution in [3.05, 3.63) is 138 Å². The minimum absolute atomic E-state index is 0. The van der Waals surface area contributed by atoms with Crippen molar-refractivity contribution in [2.24, 2.45) is 11.8 Å². The van der Waals surface area contributed by atoms with Crippen LogP contribution >= 0.6 is 0 Å². The maximum absolute atomic E-state index is 8.94. The number of fused-ring (bicyclic) bond motifs is 3. The first kappa shape index (κ1) is 31.0. The van der Waals surface area contributed by atoms with Crippen molar-refractivity contribution in [3.8, 4) is 33.6 Å². The van der Waals surface area contributed by atoms with Crippen LogP contribution in [0.5, 0.6) is 0 Å². The van der Waals surface area contributed by atoms with Gasteiger partial charge in [-0.3, -0.25) is 0 Å². The second-order valence-corrected chi connectivity index (χ2v) is 20.9. The normalized spacial score (nSPS) is 17.5. The van der Waals surface area contributed by atoms with Gasteiger partial charge in [0.15, 0.2) is 0 Å². The summed E-state index contributed by atoms with van der Waals surface area (Å²) in [6.07, 6.45) is 8.95. The summed E-state index contributed by atoms with van der Waals surface area (Å²) in [6, 6.07) is 37.2. The molecule has 3 nitrogen and oxygen atoms in total. The topological polar surface area (TPSA) is 38.9 Å². The molecule has 55 heavy (non-hydrogen) atoms. The molecule has 1 radical (unpaired) electrons. The summed E-state index contributed by atoms with van der Waals surface area (Å²) in [4.78, 5) is 9.18. The van der Waals surface area contributed by atoms with Crippen LogP contribution < -0.4 is 5.19 Å². The zero-order chi connectivity index (χ0) is 43.2. The van der Waals surface area contributed by atoms with E-state index in [0.717, 1.165) is 101 Å². The molecule has 3 aromatic heterocycles. The van der Waals surface area contributed by atoms with Gasteiger partial charge in [-0.05, 0) is 64.4 Å². The summed E-state index contributed by atoms with van der Waals surface area (Å²) < 4.78 is 64.3. The summed E-state index contributed by atoms with van der Waals surface area (Å²) in [6.45, 7) is 4.49. The van der Waals surface area contributed by atoms with E-state index in [1.54, 1.807) is 18.3 Å². The summed E-state index contributed by atoms with van der Waals surface area (Å²) in [7, 11) is -1.78. The zero-order valence-corrected chi connectivity index (χ0v) is 35.2. The van der Waals surface area contributed by atoms with Crippen molar-refractivity contribution in [3.63, 3.8) is 0 Å². The maximum Gasteiger partial charge on any atom is 0.121 e. The summed E-state index contributed by atoms with van der Waals surface area (Å²) in [5.74, 6) is 0.106. The van der Waals surface area contributed by atoms with E-state index in [9.17, 15) is 0 Å². The Hall–Kier alpha value is -4.15. The molecule has 3 heterocycles. The van der Waals surface area contributed by atoms with E-state index in [0.29, 0.717) is 22.5 Å². The van der Waals surface area contributed by atoms with Gasteiger partial charge in [-0.25, -0.2) is 0 Å². The Morgan fingerprint density at radius 3 is 2.24 bits per heavy atom. The number of benzene rings is 4. The first-order chi connectivity index (χ1) is 29.0. The molecule has 0 aliphatic heterocycles. The molecular weight excluding hydrogens is 865 g/mol. The summed E-state index contributed by atoms with van der Waals surface area (Å²) in [5, 5.41) is 3.13. The van der Waals surface area contributed by atoms with Gasteiger partial charge in [0.2, 0.25) is 0 Å². The average molecular weight is 924 g/mol. The van der Waals surface area contributed by atoms with Crippen LogP contribution in [0.3, 0.4) is 0 Å². The molecule has 0 N–H and O–H groups in total. The van der Waals surface area contributed by atoms with Gasteiger partial charge in [-0.2, -0.15) is 0 Å². The number of aromatic nitrogens is 2. The standard InChI is InChI=1S/C29H24NO.C21H28NSi.Ir/c1-2-9-22(10-3-1)23-13-14-24-25-11-6-12-26(29(25)31-28(24)19-23)27-18-21(15-16-30-27)17-20-7-4-5-8-20;1-16-9-11-18(12-10-16)20-14-19(13-17-7-5-6-8-17)21(15-22-20)23(2,3)4;/h1-3,6,9-11,13-16,18-20H,4-5,7-8,17H2;9-11,14-15,17H,5-8,13H2,1-4H3;/q2*-1;/i17D2;1D3,13D2;. The Morgan fingerprint density at radius 1 is 0.764 bits per heavy atom. The summed E-state index contributed by atoms with van der Waals surface area (Å²) >= 11 is 0. The fraction of sp³-hybridized carbons (Fsp3) is 0.320. The van der Waals surface area contributed by atoms with Crippen LogP contribution in [-0.2, 0) is 32.9 Å². The second-order valence-electron chi connectivity index (χ2n) is 15.8. The van der Waals surface area contributed by atoms with Gasteiger partial charge in [0.25, 0.3) is 0 Å². The molecule has 0 spiro atoms. The molecule has 0 saturated heterocycles. The van der Waals surface area contributed by atoms with Crippen LogP contribution in [0.25, 0.3) is 55.6 Å². The van der Waals surface area contributed by atoms with Crippen molar-refractivity contribution in [1.29, 1.82) is 0 Å². The second kappa shape index (κ2) is 17.3. The fourth-order valence-electron chi connectivity index (χ4n) is 7.90. The van der Waals surface area contributed by atoms with Gasteiger partial charge in [0, 0.05) is 47.5 Å². The Labute approximate surface area is 352 Å². The third kappa shape index (κ3) is 9.12. The fourth-order valence-corrected chi connectivity index (χ4v) is 9.30. The smallest absolute Gasteiger partial charge is 0.121 e. The molecule has 0 unspecified atom stereocenters. The Balaban J connectivity index is 0.000000186. The van der Waals surface area contributed by atoms with Gasteiger partial charge in [-0.15, -0.1) is 53.6 Å². The largest absolute Gasteiger partial charge is 0.501 e. The molecule has 5 heteroatoms. The van der Waals surface area contributed by atoms with E-state index >= 15 is 0 Å². The Kier molecular flexibility index (Phi) is 9.76. The molecule has 2 saturated carbocycles. The van der Waals surface area contributed by atoms with Gasteiger partial charge in [-0.1, -0.05) is 155 Å². The average Bonchev–Trinajstić information content (AvgIpc) is 4.06. The number of hydrogen-bond donors (Lipinski definition) is 0. The number of nitrogens with zero attached hydrogens (tertiary/aromatic N) is 2. The van der Waals surface area contributed by atoms with Crippen LogP contribution in [0, 0.1) is 30.8 Å². The number of hydrogen-bond acceptors (Lipinski definition) is 3. The van der Waals surface area contributed by atoms with Gasteiger partial charge >= 0.3 is 0 Å². The van der Waals surface area contributed by atoms with E-state index in [4.69, 9.17) is 14.0 Å². The number of aryl methyl sites for hydroxylation is 1. The van der Waals surface area contributed by atoms with E-state index in [1.165, 1.54) is 6.07 Å². The van der Waals surface area contributed by atoms with E-state index in [2.05, 4.69) is 72.1 Å². The van der Waals surface area contributed by atoms with E-state index < -0.39 is 27.7 Å². The molecule has 2 fully saturated rings. The SMILES string of the molecule is [2H]C([2H])([2H])c1c[c-]c(-c2cc(C([2H])([2H])C3CCCC3)c([Si](C)(C)C)cn2)cc1.[2H]C([2H])(c1ccnc(-c2[c-]ccc3c2oc2cc(-c4ccccc4)ccc23)c1)C1CCCC1.[Ir]. The Morgan fingerprint density at radius 2 is 1.53 bits per heavy atom.